The minimum atomic E-state index is -0.546. The zero-order valence-corrected chi connectivity index (χ0v) is 16.5. The Hall–Kier alpha value is -0.480. The van der Waals surface area contributed by atoms with Crippen LogP contribution >= 0.6 is 34.8 Å². The van der Waals surface area contributed by atoms with Crippen molar-refractivity contribution in [2.24, 2.45) is 11.7 Å². The molecule has 1 fully saturated rings. The van der Waals surface area contributed by atoms with Crippen LogP contribution in [0.1, 0.15) is 34.1 Å². The molecule has 0 aromatic carbocycles. The Morgan fingerprint density at radius 3 is 2.45 bits per heavy atom. The molecule has 0 aromatic heterocycles. The molecular formula is C14H25IN2O4S. The van der Waals surface area contributed by atoms with E-state index in [1.54, 1.807) is 10.3 Å². The smallest absolute Gasteiger partial charge is 0.410 e. The van der Waals surface area contributed by atoms with Gasteiger partial charge in [0.2, 0.25) is 0 Å². The van der Waals surface area contributed by atoms with Gasteiger partial charge in [-0.3, -0.25) is 4.79 Å². The number of thiocarbonyl (C=S) groups is 1. The Morgan fingerprint density at radius 1 is 1.45 bits per heavy atom. The number of halogens is 1. The van der Waals surface area contributed by atoms with Gasteiger partial charge in [-0.05, 0) is 56.7 Å². The average molecular weight is 444 g/mol. The van der Waals surface area contributed by atoms with Gasteiger partial charge in [0, 0.05) is 22.5 Å². The summed E-state index contributed by atoms with van der Waals surface area (Å²) in [6.07, 6.45) is 0.164. The van der Waals surface area contributed by atoms with Crippen molar-refractivity contribution in [3.05, 3.63) is 0 Å². The largest absolute Gasteiger partial charge is 0.466 e. The Bertz CT molecular complexity index is 388. The van der Waals surface area contributed by atoms with Crippen LogP contribution in [0.15, 0.2) is 0 Å². The highest BCUT2D eigenvalue weighted by atomic mass is 127. The number of rotatable bonds is 2. The molecule has 6 nitrogen and oxygen atoms in total. The van der Waals surface area contributed by atoms with Gasteiger partial charge in [-0.1, -0.05) is 12.2 Å². The molecule has 1 saturated heterocycles. The molecule has 1 heterocycles. The highest BCUT2D eigenvalue weighted by Gasteiger charge is 2.36. The van der Waals surface area contributed by atoms with Gasteiger partial charge < -0.3 is 20.1 Å². The molecule has 0 spiro atoms. The molecule has 128 valence electrons. The monoisotopic (exact) mass is 444 g/mol. The average Bonchev–Trinajstić information content (AvgIpc) is 2.38. The van der Waals surface area contributed by atoms with Crippen molar-refractivity contribution >= 4 is 50.2 Å². The van der Waals surface area contributed by atoms with Crippen LogP contribution in [0.4, 0.5) is 4.79 Å². The van der Waals surface area contributed by atoms with Crippen molar-refractivity contribution in [1.82, 2.24) is 4.90 Å². The predicted molar refractivity (Wildman–Crippen MR) is 98.2 cm³/mol. The van der Waals surface area contributed by atoms with Gasteiger partial charge in [0.05, 0.1) is 12.5 Å². The van der Waals surface area contributed by atoms with Crippen LogP contribution in [0, 0.1) is 5.92 Å². The Labute approximate surface area is 151 Å². The lowest BCUT2D eigenvalue weighted by atomic mass is 9.93. The first-order valence-corrected chi connectivity index (χ1v) is 8.82. The van der Waals surface area contributed by atoms with Crippen molar-refractivity contribution < 1.29 is 19.1 Å². The second-order valence-corrected chi connectivity index (χ2v) is 7.53. The van der Waals surface area contributed by atoms with E-state index in [9.17, 15) is 9.59 Å². The molecule has 2 atom stereocenters. The fourth-order valence-corrected chi connectivity index (χ4v) is 1.96. The van der Waals surface area contributed by atoms with E-state index < -0.39 is 17.6 Å². The van der Waals surface area contributed by atoms with Crippen LogP contribution in [0.25, 0.3) is 0 Å². The fourth-order valence-electron chi connectivity index (χ4n) is 1.96. The number of esters is 1. The SMILES string of the molecule is CCOC(=O)[C@H]1CN(C(=O)OC(C)(C)C)CC[C@H]1N.S=CI. The van der Waals surface area contributed by atoms with Crippen LogP contribution in [0.5, 0.6) is 0 Å². The predicted octanol–water partition coefficient (Wildman–Crippen LogP) is 2.51. The van der Waals surface area contributed by atoms with Gasteiger partial charge in [0.1, 0.15) is 5.60 Å². The molecule has 0 bridgehead atoms. The molecule has 0 unspecified atom stereocenters. The third-order valence-corrected chi connectivity index (χ3v) is 2.91. The number of amides is 1. The number of hydrogen-bond donors (Lipinski definition) is 1. The first-order chi connectivity index (χ1) is 10.2. The summed E-state index contributed by atoms with van der Waals surface area (Å²) in [7, 11) is 0. The van der Waals surface area contributed by atoms with Gasteiger partial charge >= 0.3 is 12.1 Å². The van der Waals surface area contributed by atoms with Gasteiger partial charge in [0.25, 0.3) is 0 Å². The fraction of sp³-hybridized carbons (Fsp3) is 0.786. The number of carbonyl (C=O) groups is 2. The Morgan fingerprint density at radius 2 is 2.00 bits per heavy atom. The summed E-state index contributed by atoms with van der Waals surface area (Å²) in [6.45, 7) is 8.25. The number of nitrogens with two attached hydrogens (primary N) is 1. The number of nitrogens with zero attached hydrogens (tertiary/aromatic N) is 1. The third kappa shape index (κ3) is 8.23. The van der Waals surface area contributed by atoms with Crippen molar-refractivity contribution in [2.45, 2.75) is 45.8 Å². The number of carbonyl (C=O) groups excluding carboxylic acids is 2. The van der Waals surface area contributed by atoms with Crippen molar-refractivity contribution in [3.8, 4) is 0 Å². The van der Waals surface area contributed by atoms with Crippen LogP contribution in [-0.4, -0.2) is 51.7 Å². The molecule has 0 aliphatic carbocycles. The topological polar surface area (TPSA) is 81.9 Å². The minimum Gasteiger partial charge on any atom is -0.466 e. The van der Waals surface area contributed by atoms with E-state index in [2.05, 4.69) is 12.2 Å². The molecule has 1 amide bonds. The van der Waals surface area contributed by atoms with Crippen LogP contribution in [0.2, 0.25) is 0 Å². The van der Waals surface area contributed by atoms with Gasteiger partial charge in [-0.15, -0.1) is 0 Å². The summed E-state index contributed by atoms with van der Waals surface area (Å²) in [5, 5.41) is 0. The van der Waals surface area contributed by atoms with E-state index in [0.717, 1.165) is 0 Å². The Kier molecular flexibility index (Phi) is 10.1. The maximum atomic E-state index is 12.0. The number of hydrogen-bond acceptors (Lipinski definition) is 6. The third-order valence-electron chi connectivity index (χ3n) is 2.91. The van der Waals surface area contributed by atoms with Crippen LogP contribution in [-0.2, 0) is 14.3 Å². The molecule has 1 rings (SSSR count). The summed E-state index contributed by atoms with van der Waals surface area (Å²) < 4.78 is 11.8. The molecule has 0 aromatic rings. The maximum absolute atomic E-state index is 12.0. The minimum absolute atomic E-state index is 0.259. The summed E-state index contributed by atoms with van der Waals surface area (Å²) in [4.78, 5) is 25.3. The molecule has 8 heteroatoms. The summed E-state index contributed by atoms with van der Waals surface area (Å²) in [6, 6.07) is -0.266. The molecule has 1 aliphatic heterocycles. The van der Waals surface area contributed by atoms with E-state index in [1.165, 1.54) is 4.90 Å². The van der Waals surface area contributed by atoms with E-state index in [1.807, 2.05) is 43.4 Å². The molecule has 22 heavy (non-hydrogen) atoms. The standard InChI is InChI=1S/C13H24N2O4.CHIS/c1-5-18-11(16)9-8-15(7-6-10(9)14)12(17)19-13(2,3)4;2-1-3/h9-10H,5-8,14H2,1-4H3;1H/t9-,10+;/m0./s1. The zero-order chi connectivity index (χ0) is 17.3. The summed E-state index contributed by atoms with van der Waals surface area (Å²) >= 11 is 6.23. The maximum Gasteiger partial charge on any atom is 0.410 e. The first-order valence-electron chi connectivity index (χ1n) is 7.10. The quantitative estimate of drug-likeness (QED) is 0.305. The molecular weight excluding hydrogens is 419 g/mol. The van der Waals surface area contributed by atoms with Gasteiger partial charge in [0.15, 0.2) is 0 Å². The van der Waals surface area contributed by atoms with Crippen LogP contribution < -0.4 is 5.73 Å². The van der Waals surface area contributed by atoms with Crippen molar-refractivity contribution in [1.29, 1.82) is 0 Å². The lowest BCUT2D eigenvalue weighted by Gasteiger charge is -2.36. The summed E-state index contributed by atoms with van der Waals surface area (Å²) in [5.74, 6) is -0.815. The number of piperidine rings is 1. The zero-order valence-electron chi connectivity index (χ0n) is 13.5. The molecule has 2 N–H and O–H groups in total. The lowest BCUT2D eigenvalue weighted by molar-refractivity contribution is -0.150. The van der Waals surface area contributed by atoms with E-state index >= 15 is 0 Å². The number of likely N-dealkylation sites (tertiary alicyclic amines) is 1. The molecule has 0 radical (unpaired) electrons. The van der Waals surface area contributed by atoms with Crippen molar-refractivity contribution in [3.63, 3.8) is 0 Å². The normalized spacial score (nSPS) is 21.3. The van der Waals surface area contributed by atoms with E-state index in [4.69, 9.17) is 15.2 Å². The van der Waals surface area contributed by atoms with Crippen LogP contribution in [0.3, 0.4) is 0 Å². The highest BCUT2D eigenvalue weighted by molar-refractivity contribution is 14.1. The molecule has 1 aliphatic rings. The Balaban J connectivity index is 0.00000135. The van der Waals surface area contributed by atoms with Gasteiger partial charge in [-0.25, -0.2) is 4.79 Å². The molecule has 0 saturated carbocycles. The van der Waals surface area contributed by atoms with E-state index in [0.29, 0.717) is 19.6 Å². The van der Waals surface area contributed by atoms with Crippen molar-refractivity contribution in [2.75, 3.05) is 19.7 Å². The van der Waals surface area contributed by atoms with Gasteiger partial charge in [-0.2, -0.15) is 0 Å². The second kappa shape index (κ2) is 10.3. The summed E-state index contributed by atoms with van der Waals surface area (Å²) in [5.41, 5.74) is 5.37. The second-order valence-electron chi connectivity index (χ2n) is 5.83. The van der Waals surface area contributed by atoms with E-state index in [-0.39, 0.29) is 18.6 Å². The first kappa shape index (κ1) is 21.5. The highest BCUT2D eigenvalue weighted by Crippen LogP contribution is 2.19. The lowest BCUT2D eigenvalue weighted by Crippen LogP contribution is -2.53. The number of ether oxygens (including phenoxy) is 2.